The van der Waals surface area contributed by atoms with E-state index in [9.17, 15) is 9.18 Å². The number of rotatable bonds is 5. The van der Waals surface area contributed by atoms with Crippen molar-refractivity contribution in [3.63, 3.8) is 0 Å². The van der Waals surface area contributed by atoms with E-state index in [0.717, 1.165) is 19.4 Å². The maximum Gasteiger partial charge on any atom is 0.255 e. The molecule has 1 heterocycles. The van der Waals surface area contributed by atoms with Gasteiger partial charge in [-0.2, -0.15) is 0 Å². The lowest BCUT2D eigenvalue weighted by molar-refractivity contribution is 0.0677. The Morgan fingerprint density at radius 3 is 2.88 bits per heavy atom. The number of benzene rings is 2. The Kier molecular flexibility index (Phi) is 5.93. The second-order valence-corrected chi connectivity index (χ2v) is 6.94. The number of carbonyl (C=O) groups is 1. The molecule has 1 saturated heterocycles. The van der Waals surface area contributed by atoms with Crippen LogP contribution >= 0.6 is 27.5 Å². The zero-order chi connectivity index (χ0) is 17.8. The molecule has 0 saturated carbocycles. The van der Waals surface area contributed by atoms with Crippen molar-refractivity contribution in [2.45, 2.75) is 18.9 Å². The molecule has 0 aliphatic carbocycles. The van der Waals surface area contributed by atoms with Gasteiger partial charge < -0.3 is 14.8 Å². The molecule has 25 heavy (non-hydrogen) atoms. The number of hydrogen-bond acceptors (Lipinski definition) is 3. The normalized spacial score (nSPS) is 16.7. The van der Waals surface area contributed by atoms with Gasteiger partial charge in [0.25, 0.3) is 5.91 Å². The van der Waals surface area contributed by atoms with Crippen LogP contribution in [0.25, 0.3) is 0 Å². The Labute approximate surface area is 158 Å². The molecular weight excluding hydrogens is 413 g/mol. The molecule has 0 radical (unpaired) electrons. The van der Waals surface area contributed by atoms with E-state index in [-0.39, 0.29) is 17.0 Å². The van der Waals surface area contributed by atoms with Crippen LogP contribution in [0, 0.1) is 5.82 Å². The predicted molar refractivity (Wildman–Crippen MR) is 98.0 cm³/mol. The summed E-state index contributed by atoms with van der Waals surface area (Å²) in [6.07, 6.45) is 2.18. The van der Waals surface area contributed by atoms with Gasteiger partial charge in [0.05, 0.1) is 15.6 Å². The van der Waals surface area contributed by atoms with E-state index in [2.05, 4.69) is 21.2 Å². The number of hydrogen-bond donors (Lipinski definition) is 1. The molecule has 1 fully saturated rings. The average Bonchev–Trinajstić information content (AvgIpc) is 3.10. The Hall–Kier alpha value is -1.63. The van der Waals surface area contributed by atoms with Crippen molar-refractivity contribution in [2.75, 3.05) is 18.5 Å². The van der Waals surface area contributed by atoms with Crippen LogP contribution in [0.2, 0.25) is 5.02 Å². The molecule has 1 N–H and O–H groups in total. The third-order valence-electron chi connectivity index (χ3n) is 3.82. The van der Waals surface area contributed by atoms with Crippen LogP contribution in [0.4, 0.5) is 10.1 Å². The van der Waals surface area contributed by atoms with E-state index in [1.807, 2.05) is 0 Å². The number of anilines is 1. The molecule has 7 heteroatoms. The summed E-state index contributed by atoms with van der Waals surface area (Å²) >= 11 is 9.13. The number of nitrogens with one attached hydrogen (secondary N) is 1. The second-order valence-electron chi connectivity index (χ2n) is 5.67. The first-order valence-electron chi connectivity index (χ1n) is 7.83. The largest absolute Gasteiger partial charge is 0.490 e. The van der Waals surface area contributed by atoms with E-state index in [0.29, 0.717) is 28.1 Å². The minimum Gasteiger partial charge on any atom is -0.490 e. The molecule has 1 amide bonds. The summed E-state index contributed by atoms with van der Waals surface area (Å²) in [6.45, 7) is 1.26. The van der Waals surface area contributed by atoms with Gasteiger partial charge in [-0.05, 0) is 65.2 Å². The first-order valence-corrected chi connectivity index (χ1v) is 9.00. The number of carbonyl (C=O) groups excluding carboxylic acids is 1. The Morgan fingerprint density at radius 2 is 2.20 bits per heavy atom. The van der Waals surface area contributed by atoms with Gasteiger partial charge in [0.15, 0.2) is 0 Å². The minimum atomic E-state index is -0.532. The molecule has 2 aromatic carbocycles. The van der Waals surface area contributed by atoms with Gasteiger partial charge in [-0.15, -0.1) is 0 Å². The van der Waals surface area contributed by atoms with Gasteiger partial charge in [-0.3, -0.25) is 4.79 Å². The second kappa shape index (κ2) is 8.17. The lowest BCUT2D eigenvalue weighted by Crippen LogP contribution is -2.16. The van der Waals surface area contributed by atoms with Crippen LogP contribution in [0.15, 0.2) is 40.9 Å². The summed E-state index contributed by atoms with van der Waals surface area (Å²) in [6, 6.07) is 9.08. The summed E-state index contributed by atoms with van der Waals surface area (Å²) < 4.78 is 25.1. The van der Waals surface area contributed by atoms with Gasteiger partial charge in [-0.1, -0.05) is 11.6 Å². The summed E-state index contributed by atoms with van der Waals surface area (Å²) in [5.74, 6) is -0.207. The topological polar surface area (TPSA) is 47.6 Å². The zero-order valence-electron chi connectivity index (χ0n) is 13.2. The summed E-state index contributed by atoms with van der Waals surface area (Å²) in [5, 5.41) is 2.63. The van der Waals surface area contributed by atoms with Crippen LogP contribution in [0.3, 0.4) is 0 Å². The van der Waals surface area contributed by atoms with Gasteiger partial charge >= 0.3 is 0 Å². The number of halogens is 3. The average molecular weight is 429 g/mol. The number of ether oxygens (including phenoxy) is 2. The molecular formula is C18H16BrClFNO3. The van der Waals surface area contributed by atoms with E-state index in [4.69, 9.17) is 21.1 Å². The lowest BCUT2D eigenvalue weighted by Gasteiger charge is -2.13. The smallest absolute Gasteiger partial charge is 0.255 e. The van der Waals surface area contributed by atoms with Crippen molar-refractivity contribution >= 4 is 39.1 Å². The summed E-state index contributed by atoms with van der Waals surface area (Å²) in [7, 11) is 0. The molecule has 1 aliphatic rings. The third kappa shape index (κ3) is 4.71. The van der Waals surface area contributed by atoms with Crippen molar-refractivity contribution in [1.82, 2.24) is 0 Å². The highest BCUT2D eigenvalue weighted by Gasteiger charge is 2.17. The summed E-state index contributed by atoms with van der Waals surface area (Å²) in [4.78, 5) is 12.3. The van der Waals surface area contributed by atoms with Crippen molar-refractivity contribution in [1.29, 1.82) is 0 Å². The monoisotopic (exact) mass is 427 g/mol. The molecule has 1 unspecified atom stereocenters. The molecule has 0 bridgehead atoms. The molecule has 2 aromatic rings. The lowest BCUT2D eigenvalue weighted by atomic mass is 10.2. The van der Waals surface area contributed by atoms with Crippen LogP contribution in [-0.2, 0) is 4.74 Å². The maximum absolute atomic E-state index is 13.2. The van der Waals surface area contributed by atoms with Gasteiger partial charge in [0, 0.05) is 17.9 Å². The van der Waals surface area contributed by atoms with Gasteiger partial charge in [-0.25, -0.2) is 4.39 Å². The third-order valence-corrected chi connectivity index (χ3v) is 4.73. The molecule has 0 aromatic heterocycles. The highest BCUT2D eigenvalue weighted by Crippen LogP contribution is 2.28. The van der Waals surface area contributed by atoms with Crippen molar-refractivity contribution in [3.8, 4) is 5.75 Å². The fourth-order valence-corrected chi connectivity index (χ4v) is 3.17. The molecule has 1 aliphatic heterocycles. The Balaban J connectivity index is 1.64. The molecule has 132 valence electrons. The van der Waals surface area contributed by atoms with E-state index < -0.39 is 5.82 Å². The highest BCUT2D eigenvalue weighted by atomic mass is 79.9. The Bertz CT molecular complexity index is 781. The van der Waals surface area contributed by atoms with Crippen molar-refractivity contribution in [3.05, 3.63) is 57.3 Å². The fraction of sp³-hybridized carbons (Fsp3) is 0.278. The van der Waals surface area contributed by atoms with E-state index in [1.54, 1.807) is 18.2 Å². The predicted octanol–water partition coefficient (Wildman–Crippen LogP) is 5.05. The Morgan fingerprint density at radius 1 is 1.36 bits per heavy atom. The first kappa shape index (κ1) is 18.2. The van der Waals surface area contributed by atoms with Gasteiger partial charge in [0.2, 0.25) is 0 Å². The van der Waals surface area contributed by atoms with E-state index >= 15 is 0 Å². The highest BCUT2D eigenvalue weighted by molar-refractivity contribution is 9.10. The van der Waals surface area contributed by atoms with Crippen LogP contribution in [-0.4, -0.2) is 25.2 Å². The molecule has 0 spiro atoms. The number of amides is 1. The summed E-state index contributed by atoms with van der Waals surface area (Å²) in [5.41, 5.74) is 0.864. The molecule has 3 rings (SSSR count). The van der Waals surface area contributed by atoms with E-state index in [1.165, 1.54) is 18.2 Å². The standard InChI is InChI=1S/C18H16BrClFNO3/c19-14-8-11(3-6-17(14)25-10-13-2-1-7-24-13)18(23)22-12-4-5-16(21)15(20)9-12/h3-6,8-9,13H,1-2,7,10H2,(H,22,23). The maximum atomic E-state index is 13.2. The fourth-order valence-electron chi connectivity index (χ4n) is 2.49. The quantitative estimate of drug-likeness (QED) is 0.725. The minimum absolute atomic E-state index is 0.0446. The molecule has 4 nitrogen and oxygen atoms in total. The van der Waals surface area contributed by atoms with Gasteiger partial charge in [0.1, 0.15) is 18.2 Å². The van der Waals surface area contributed by atoms with Crippen LogP contribution in [0.5, 0.6) is 5.75 Å². The SMILES string of the molecule is O=C(Nc1ccc(F)c(Cl)c1)c1ccc(OCC2CCCO2)c(Br)c1. The van der Waals surface area contributed by atoms with Crippen molar-refractivity contribution in [2.24, 2.45) is 0 Å². The van der Waals surface area contributed by atoms with Crippen LogP contribution in [0.1, 0.15) is 23.2 Å². The first-order chi connectivity index (χ1) is 12.0. The zero-order valence-corrected chi connectivity index (χ0v) is 15.6. The van der Waals surface area contributed by atoms with Crippen LogP contribution < -0.4 is 10.1 Å². The van der Waals surface area contributed by atoms with Crippen molar-refractivity contribution < 1.29 is 18.7 Å². The molecule has 1 atom stereocenters.